The number of aromatic nitrogens is 3. The van der Waals surface area contributed by atoms with Crippen LogP contribution in [0.5, 0.6) is 0 Å². The Hall–Kier alpha value is -1.73. The molecule has 0 unspecified atom stereocenters. The Morgan fingerprint density at radius 3 is 2.75 bits per heavy atom. The van der Waals surface area contributed by atoms with Gasteiger partial charge in [-0.3, -0.25) is 9.67 Å². The van der Waals surface area contributed by atoms with Crippen molar-refractivity contribution >= 4 is 10.0 Å². The van der Waals surface area contributed by atoms with E-state index in [0.717, 1.165) is 30.7 Å². The summed E-state index contributed by atoms with van der Waals surface area (Å²) in [7, 11) is -1.73. The van der Waals surface area contributed by atoms with Gasteiger partial charge in [-0.05, 0) is 51.2 Å². The summed E-state index contributed by atoms with van der Waals surface area (Å²) in [5.41, 5.74) is 2.59. The maximum Gasteiger partial charge on any atom is 0.246 e. The SMILES string of the molecule is Cc1cccc(C[C@H]2CCCN(S(=O)(=O)c3cn(C)nc3C)C2)n1. The predicted molar refractivity (Wildman–Crippen MR) is 92.1 cm³/mol. The Morgan fingerprint density at radius 2 is 2.08 bits per heavy atom. The second kappa shape index (κ2) is 6.64. The Bertz CT molecular complexity index is 829. The maximum absolute atomic E-state index is 12.9. The van der Waals surface area contributed by atoms with Crippen LogP contribution in [0, 0.1) is 19.8 Å². The highest BCUT2D eigenvalue weighted by Crippen LogP contribution is 2.26. The zero-order valence-corrected chi connectivity index (χ0v) is 15.3. The lowest BCUT2D eigenvalue weighted by molar-refractivity contribution is 0.264. The fourth-order valence-corrected chi connectivity index (χ4v) is 5.15. The molecule has 24 heavy (non-hydrogen) atoms. The molecule has 0 aromatic carbocycles. The second-order valence-corrected chi connectivity index (χ2v) is 8.50. The summed E-state index contributed by atoms with van der Waals surface area (Å²) in [6.07, 6.45) is 4.33. The van der Waals surface area contributed by atoms with Gasteiger partial charge in [0, 0.05) is 37.7 Å². The molecule has 0 amide bonds. The molecule has 0 saturated carbocycles. The number of piperidine rings is 1. The van der Waals surface area contributed by atoms with E-state index in [1.165, 1.54) is 0 Å². The Balaban J connectivity index is 1.76. The molecule has 1 aliphatic heterocycles. The van der Waals surface area contributed by atoms with E-state index in [4.69, 9.17) is 0 Å². The van der Waals surface area contributed by atoms with E-state index in [0.29, 0.717) is 29.6 Å². The minimum atomic E-state index is -3.48. The van der Waals surface area contributed by atoms with Crippen LogP contribution in [0.2, 0.25) is 0 Å². The van der Waals surface area contributed by atoms with Crippen molar-refractivity contribution in [2.45, 2.75) is 38.0 Å². The molecule has 2 aromatic rings. The van der Waals surface area contributed by atoms with E-state index in [-0.39, 0.29) is 0 Å². The van der Waals surface area contributed by atoms with E-state index >= 15 is 0 Å². The van der Waals surface area contributed by atoms with Crippen LogP contribution < -0.4 is 0 Å². The van der Waals surface area contributed by atoms with Crippen LogP contribution in [0.3, 0.4) is 0 Å². The largest absolute Gasteiger partial charge is 0.274 e. The summed E-state index contributed by atoms with van der Waals surface area (Å²) in [5, 5.41) is 4.17. The van der Waals surface area contributed by atoms with Gasteiger partial charge in [0.15, 0.2) is 0 Å². The third-order valence-electron chi connectivity index (χ3n) is 4.51. The van der Waals surface area contributed by atoms with Crippen molar-refractivity contribution in [3.63, 3.8) is 0 Å². The molecule has 0 bridgehead atoms. The van der Waals surface area contributed by atoms with E-state index in [1.54, 1.807) is 29.2 Å². The average Bonchev–Trinajstić information content (AvgIpc) is 2.87. The lowest BCUT2D eigenvalue weighted by Crippen LogP contribution is -2.40. The van der Waals surface area contributed by atoms with Crippen molar-refractivity contribution < 1.29 is 8.42 Å². The van der Waals surface area contributed by atoms with E-state index in [2.05, 4.69) is 10.1 Å². The van der Waals surface area contributed by atoms with Crippen molar-refractivity contribution in [1.29, 1.82) is 0 Å². The van der Waals surface area contributed by atoms with Gasteiger partial charge >= 0.3 is 0 Å². The number of pyridine rings is 1. The molecule has 3 heterocycles. The van der Waals surface area contributed by atoms with Gasteiger partial charge in [0.1, 0.15) is 4.90 Å². The number of hydrogen-bond acceptors (Lipinski definition) is 4. The molecule has 6 nitrogen and oxygen atoms in total. The highest BCUT2D eigenvalue weighted by atomic mass is 32.2. The normalized spacial score (nSPS) is 19.5. The summed E-state index contributed by atoms with van der Waals surface area (Å²) in [5.74, 6) is 0.305. The number of aryl methyl sites for hydroxylation is 3. The summed E-state index contributed by atoms with van der Waals surface area (Å²) in [4.78, 5) is 4.87. The van der Waals surface area contributed by atoms with Crippen molar-refractivity contribution in [3.05, 3.63) is 41.5 Å². The average molecular weight is 348 g/mol. The second-order valence-electron chi connectivity index (χ2n) is 6.60. The Kier molecular flexibility index (Phi) is 4.73. The van der Waals surface area contributed by atoms with Crippen LogP contribution in [0.4, 0.5) is 0 Å². The van der Waals surface area contributed by atoms with E-state index < -0.39 is 10.0 Å². The molecule has 130 valence electrons. The predicted octanol–water partition coefficient (Wildman–Crippen LogP) is 2.08. The molecule has 0 spiro atoms. The standard InChI is InChI=1S/C17H24N4O2S/c1-13-6-4-8-16(18-13)10-15-7-5-9-21(11-15)24(22,23)17-12-20(3)19-14(17)2/h4,6,8,12,15H,5,7,9-11H2,1-3H3/t15-/m1/s1. The van der Waals surface area contributed by atoms with E-state index in [9.17, 15) is 8.42 Å². The van der Waals surface area contributed by atoms with Gasteiger partial charge in [0.25, 0.3) is 0 Å². The van der Waals surface area contributed by atoms with E-state index in [1.807, 2.05) is 25.1 Å². The number of sulfonamides is 1. The minimum absolute atomic E-state index is 0.305. The van der Waals surface area contributed by atoms with Crippen LogP contribution in [0.25, 0.3) is 0 Å². The molecule has 3 rings (SSSR count). The summed E-state index contributed by atoms with van der Waals surface area (Å²) in [6, 6.07) is 6.01. The van der Waals surface area contributed by atoms with Crippen LogP contribution in [0.15, 0.2) is 29.3 Å². The Morgan fingerprint density at radius 1 is 1.29 bits per heavy atom. The van der Waals surface area contributed by atoms with Crippen LogP contribution in [0.1, 0.15) is 29.9 Å². The van der Waals surface area contributed by atoms with Crippen molar-refractivity contribution in [2.24, 2.45) is 13.0 Å². The van der Waals surface area contributed by atoms with Crippen LogP contribution >= 0.6 is 0 Å². The van der Waals surface area contributed by atoms with Gasteiger partial charge in [0.2, 0.25) is 10.0 Å². The smallest absolute Gasteiger partial charge is 0.246 e. The molecule has 7 heteroatoms. The molecule has 1 saturated heterocycles. The fourth-order valence-electron chi connectivity index (χ4n) is 3.39. The number of hydrogen-bond donors (Lipinski definition) is 0. The molecule has 0 aliphatic carbocycles. The quantitative estimate of drug-likeness (QED) is 0.848. The van der Waals surface area contributed by atoms with Crippen molar-refractivity contribution in [1.82, 2.24) is 19.1 Å². The number of rotatable bonds is 4. The molecule has 0 radical (unpaired) electrons. The summed E-state index contributed by atoms with van der Waals surface area (Å²) < 4.78 is 29.0. The maximum atomic E-state index is 12.9. The van der Waals surface area contributed by atoms with Gasteiger partial charge in [-0.15, -0.1) is 0 Å². The molecule has 1 fully saturated rings. The van der Waals surface area contributed by atoms with Crippen LogP contribution in [-0.2, 0) is 23.5 Å². The molecule has 1 atom stereocenters. The molecule has 1 aliphatic rings. The molecule has 2 aromatic heterocycles. The van der Waals surface area contributed by atoms with Crippen LogP contribution in [-0.4, -0.2) is 40.6 Å². The first-order chi connectivity index (χ1) is 11.4. The lowest BCUT2D eigenvalue weighted by atomic mass is 9.94. The summed E-state index contributed by atoms with van der Waals surface area (Å²) in [6.45, 7) is 4.85. The first kappa shape index (κ1) is 17.1. The van der Waals surface area contributed by atoms with Crippen molar-refractivity contribution in [2.75, 3.05) is 13.1 Å². The molecular formula is C17H24N4O2S. The molecule has 0 N–H and O–H groups in total. The first-order valence-electron chi connectivity index (χ1n) is 8.29. The van der Waals surface area contributed by atoms with Gasteiger partial charge in [-0.2, -0.15) is 9.40 Å². The highest BCUT2D eigenvalue weighted by molar-refractivity contribution is 7.89. The third kappa shape index (κ3) is 3.52. The number of nitrogens with zero attached hydrogens (tertiary/aromatic N) is 4. The first-order valence-corrected chi connectivity index (χ1v) is 9.73. The molecular weight excluding hydrogens is 324 g/mol. The third-order valence-corrected chi connectivity index (χ3v) is 6.48. The zero-order chi connectivity index (χ0) is 17.3. The topological polar surface area (TPSA) is 68.1 Å². The van der Waals surface area contributed by atoms with Gasteiger partial charge in [0.05, 0.1) is 5.69 Å². The van der Waals surface area contributed by atoms with Gasteiger partial charge in [-0.25, -0.2) is 8.42 Å². The summed E-state index contributed by atoms with van der Waals surface area (Å²) >= 11 is 0. The zero-order valence-electron chi connectivity index (χ0n) is 14.4. The minimum Gasteiger partial charge on any atom is -0.274 e. The van der Waals surface area contributed by atoms with Gasteiger partial charge < -0.3 is 0 Å². The lowest BCUT2D eigenvalue weighted by Gasteiger charge is -2.31. The fraction of sp³-hybridized carbons (Fsp3) is 0.529. The van der Waals surface area contributed by atoms with Crippen molar-refractivity contribution in [3.8, 4) is 0 Å². The monoisotopic (exact) mass is 348 g/mol. The van der Waals surface area contributed by atoms with Gasteiger partial charge in [-0.1, -0.05) is 6.07 Å². The Labute approximate surface area is 143 Å². The highest BCUT2D eigenvalue weighted by Gasteiger charge is 2.32.